The van der Waals surface area contributed by atoms with Crippen LogP contribution in [0.15, 0.2) is 18.2 Å². The van der Waals surface area contributed by atoms with Crippen molar-refractivity contribution >= 4 is 33.4 Å². The smallest absolute Gasteiger partial charge is 0.302 e. The fourth-order valence-corrected chi connectivity index (χ4v) is 3.23. The Bertz CT molecular complexity index is 634. The summed E-state index contributed by atoms with van der Waals surface area (Å²) >= 11 is 5.84. The summed E-state index contributed by atoms with van der Waals surface area (Å²) in [5.74, 6) is -1.06. The first-order valence-electron chi connectivity index (χ1n) is 5.86. The van der Waals surface area contributed by atoms with Gasteiger partial charge >= 0.3 is 10.2 Å². The number of nitrogens with zero attached hydrogens (tertiary/aromatic N) is 1. The molecule has 1 aliphatic rings. The Balaban J connectivity index is 2.24. The maximum Gasteiger partial charge on any atom is 0.302 e. The highest BCUT2D eigenvalue weighted by atomic mass is 35.5. The zero-order valence-electron chi connectivity index (χ0n) is 10.7. The Morgan fingerprint density at radius 3 is 2.80 bits per heavy atom. The van der Waals surface area contributed by atoms with Crippen LogP contribution in [0.4, 0.5) is 9.57 Å². The number of amides is 1. The van der Waals surface area contributed by atoms with Gasteiger partial charge in [-0.05, 0) is 12.1 Å². The molecule has 0 bridgehead atoms. The minimum atomic E-state index is -4.59. The van der Waals surface area contributed by atoms with Gasteiger partial charge in [0.15, 0.2) is 0 Å². The molecular formula is C12H13ClFNO4S. The Morgan fingerprint density at radius 2 is 2.20 bits per heavy atom. The molecular weight excluding hydrogens is 309 g/mol. The number of hydrogen-bond donors (Lipinski definition) is 0. The van der Waals surface area contributed by atoms with Crippen molar-refractivity contribution in [2.45, 2.75) is 6.42 Å². The molecule has 1 aromatic rings. The zero-order valence-corrected chi connectivity index (χ0v) is 12.2. The van der Waals surface area contributed by atoms with Crippen molar-refractivity contribution in [1.29, 1.82) is 0 Å². The standard InChI is InChI=1S/C12H13ClFNO4S/c1-19-11-5-9(13)2-3-10(11)15-6-8(4-12(15)16)7-20(14,17)18/h2-3,5,8H,4,6-7H2,1H3. The summed E-state index contributed by atoms with van der Waals surface area (Å²) in [5.41, 5.74) is 0.501. The van der Waals surface area contributed by atoms with Crippen LogP contribution >= 0.6 is 11.6 Å². The van der Waals surface area contributed by atoms with Gasteiger partial charge in [-0.2, -0.15) is 8.42 Å². The Labute approximate surface area is 121 Å². The van der Waals surface area contributed by atoms with Crippen LogP contribution in [0.1, 0.15) is 6.42 Å². The van der Waals surface area contributed by atoms with E-state index in [9.17, 15) is 17.1 Å². The highest BCUT2D eigenvalue weighted by molar-refractivity contribution is 7.86. The van der Waals surface area contributed by atoms with Gasteiger partial charge in [-0.1, -0.05) is 11.6 Å². The number of benzene rings is 1. The predicted molar refractivity (Wildman–Crippen MR) is 73.4 cm³/mol. The van der Waals surface area contributed by atoms with Crippen LogP contribution in [0.2, 0.25) is 5.02 Å². The second-order valence-corrected chi connectivity index (χ2v) is 6.44. The molecule has 2 rings (SSSR count). The van der Waals surface area contributed by atoms with Crippen LogP contribution in [0, 0.1) is 5.92 Å². The van der Waals surface area contributed by atoms with Gasteiger partial charge in [-0.15, -0.1) is 3.89 Å². The molecule has 1 atom stereocenters. The summed E-state index contributed by atoms with van der Waals surface area (Å²) < 4.78 is 39.2. The minimum Gasteiger partial charge on any atom is -0.495 e. The number of carbonyl (C=O) groups excluding carboxylic acids is 1. The van der Waals surface area contributed by atoms with Crippen molar-refractivity contribution < 1.29 is 21.8 Å². The molecule has 1 amide bonds. The SMILES string of the molecule is COc1cc(Cl)ccc1N1CC(CS(=O)(=O)F)CC1=O. The molecule has 0 N–H and O–H groups in total. The van der Waals surface area contributed by atoms with Gasteiger partial charge in [0.25, 0.3) is 0 Å². The summed E-state index contributed by atoms with van der Waals surface area (Å²) in [4.78, 5) is 13.3. The molecule has 1 heterocycles. The lowest BCUT2D eigenvalue weighted by molar-refractivity contribution is -0.117. The van der Waals surface area contributed by atoms with Crippen molar-refractivity contribution in [2.24, 2.45) is 5.92 Å². The largest absolute Gasteiger partial charge is 0.495 e. The molecule has 110 valence electrons. The molecule has 0 aliphatic carbocycles. The molecule has 1 aliphatic heterocycles. The second-order valence-electron chi connectivity index (χ2n) is 4.60. The van der Waals surface area contributed by atoms with E-state index in [4.69, 9.17) is 16.3 Å². The molecule has 0 saturated carbocycles. The molecule has 0 spiro atoms. The van der Waals surface area contributed by atoms with Gasteiger partial charge in [0.2, 0.25) is 5.91 Å². The summed E-state index contributed by atoms with van der Waals surface area (Å²) in [6, 6.07) is 4.78. The Kier molecular flexibility index (Phi) is 4.19. The van der Waals surface area contributed by atoms with E-state index in [0.29, 0.717) is 16.5 Å². The van der Waals surface area contributed by atoms with Gasteiger partial charge in [-0.3, -0.25) is 4.79 Å². The van der Waals surface area contributed by atoms with Crippen molar-refractivity contribution in [3.05, 3.63) is 23.2 Å². The average Bonchev–Trinajstić information content (AvgIpc) is 2.67. The molecule has 0 aromatic heterocycles. The maximum absolute atomic E-state index is 12.7. The third-order valence-electron chi connectivity index (χ3n) is 3.07. The highest BCUT2D eigenvalue weighted by Crippen LogP contribution is 2.35. The van der Waals surface area contributed by atoms with Crippen molar-refractivity contribution in [1.82, 2.24) is 0 Å². The van der Waals surface area contributed by atoms with E-state index in [0.717, 1.165) is 0 Å². The van der Waals surface area contributed by atoms with Gasteiger partial charge in [0.05, 0.1) is 18.6 Å². The highest BCUT2D eigenvalue weighted by Gasteiger charge is 2.34. The van der Waals surface area contributed by atoms with Crippen LogP contribution in [0.3, 0.4) is 0 Å². The summed E-state index contributed by atoms with van der Waals surface area (Å²) in [6.45, 7) is 0.139. The number of methoxy groups -OCH3 is 1. The maximum atomic E-state index is 12.7. The summed E-state index contributed by atoms with van der Waals surface area (Å²) in [5, 5.41) is 0.458. The molecule has 8 heteroatoms. The van der Waals surface area contributed by atoms with Crippen LogP contribution in [-0.4, -0.2) is 33.7 Å². The van der Waals surface area contributed by atoms with Crippen LogP contribution < -0.4 is 9.64 Å². The monoisotopic (exact) mass is 321 g/mol. The molecule has 1 saturated heterocycles. The normalized spacial score (nSPS) is 19.4. The lowest BCUT2D eigenvalue weighted by atomic mass is 10.1. The van der Waals surface area contributed by atoms with Crippen molar-refractivity contribution in [2.75, 3.05) is 24.3 Å². The van der Waals surface area contributed by atoms with E-state index in [1.54, 1.807) is 18.2 Å². The van der Waals surface area contributed by atoms with Crippen LogP contribution in [-0.2, 0) is 15.0 Å². The van der Waals surface area contributed by atoms with Gasteiger partial charge in [-0.25, -0.2) is 0 Å². The minimum absolute atomic E-state index is 0.00503. The number of rotatable bonds is 4. The first kappa shape index (κ1) is 15.1. The molecule has 1 aromatic carbocycles. The molecule has 0 radical (unpaired) electrons. The number of hydrogen-bond acceptors (Lipinski definition) is 4. The summed E-state index contributed by atoms with van der Waals surface area (Å²) in [6.07, 6.45) is -0.00503. The first-order valence-corrected chi connectivity index (χ1v) is 7.79. The molecule has 20 heavy (non-hydrogen) atoms. The average molecular weight is 322 g/mol. The number of anilines is 1. The fraction of sp³-hybridized carbons (Fsp3) is 0.417. The quantitative estimate of drug-likeness (QED) is 0.796. The first-order chi connectivity index (χ1) is 9.30. The van der Waals surface area contributed by atoms with E-state index in [1.807, 2.05) is 0 Å². The number of halogens is 2. The molecule has 1 fully saturated rings. The molecule has 1 unspecified atom stereocenters. The zero-order chi connectivity index (χ0) is 14.9. The van der Waals surface area contributed by atoms with E-state index < -0.39 is 21.9 Å². The molecule has 5 nitrogen and oxygen atoms in total. The lowest BCUT2D eigenvalue weighted by Crippen LogP contribution is -2.25. The topological polar surface area (TPSA) is 63.7 Å². The van der Waals surface area contributed by atoms with Gasteiger partial charge in [0, 0.05) is 30.0 Å². The van der Waals surface area contributed by atoms with Gasteiger partial charge in [0.1, 0.15) is 5.75 Å². The van der Waals surface area contributed by atoms with Crippen LogP contribution in [0.25, 0.3) is 0 Å². The van der Waals surface area contributed by atoms with Crippen molar-refractivity contribution in [3.8, 4) is 5.75 Å². The third kappa shape index (κ3) is 3.40. The lowest BCUT2D eigenvalue weighted by Gasteiger charge is -2.19. The van der Waals surface area contributed by atoms with Crippen molar-refractivity contribution in [3.63, 3.8) is 0 Å². The van der Waals surface area contributed by atoms with E-state index in [1.165, 1.54) is 12.0 Å². The Morgan fingerprint density at radius 1 is 1.50 bits per heavy atom. The van der Waals surface area contributed by atoms with E-state index in [-0.39, 0.29) is 18.9 Å². The van der Waals surface area contributed by atoms with E-state index >= 15 is 0 Å². The van der Waals surface area contributed by atoms with E-state index in [2.05, 4.69) is 0 Å². The van der Waals surface area contributed by atoms with Gasteiger partial charge < -0.3 is 9.64 Å². The predicted octanol–water partition coefficient (Wildman–Crippen LogP) is 2.00. The Hall–Kier alpha value is -1.34. The second kappa shape index (κ2) is 5.57. The van der Waals surface area contributed by atoms with Crippen LogP contribution in [0.5, 0.6) is 5.75 Å². The summed E-state index contributed by atoms with van der Waals surface area (Å²) in [7, 11) is -3.15. The fourth-order valence-electron chi connectivity index (χ4n) is 2.28. The third-order valence-corrected chi connectivity index (χ3v) is 4.18. The number of ether oxygens (including phenoxy) is 1. The number of carbonyl (C=O) groups is 1.